The number of benzene rings is 23. The van der Waals surface area contributed by atoms with Crippen LogP contribution in [0.3, 0.4) is 0 Å². The molecule has 0 radical (unpaired) electrons. The Bertz CT molecular complexity index is 10600. The Balaban J connectivity index is 0.000000103. The van der Waals surface area contributed by atoms with Gasteiger partial charge in [-0.25, -0.2) is 0 Å². The molecule has 9 heterocycles. The van der Waals surface area contributed by atoms with Crippen molar-refractivity contribution in [1.82, 2.24) is 22.8 Å². The van der Waals surface area contributed by atoms with E-state index in [0.717, 1.165) is 88.9 Å². The van der Waals surface area contributed by atoms with Gasteiger partial charge >= 0.3 is 0 Å². The molecule has 147 heavy (non-hydrogen) atoms. The van der Waals surface area contributed by atoms with Gasteiger partial charge in [0.2, 0.25) is 0 Å². The van der Waals surface area contributed by atoms with Crippen molar-refractivity contribution < 1.29 is 8.83 Å². The van der Waals surface area contributed by atoms with Gasteiger partial charge in [0.25, 0.3) is 0 Å². The Morgan fingerprint density at radius 3 is 0.741 bits per heavy atom. The first-order valence-electron chi connectivity index (χ1n) is 50.1. The highest BCUT2D eigenvalue weighted by atomic mass is 32.1. The predicted octanol–water partition coefficient (Wildman–Crippen LogP) is 39.1. The largest absolute Gasteiger partial charge is 0.456 e. The fraction of sp³-hybridized carbons (Fsp3) is 0. The molecular formula is C138H85N5O2S2. The summed E-state index contributed by atoms with van der Waals surface area (Å²) in [6, 6.07) is 187. The van der Waals surface area contributed by atoms with Crippen LogP contribution in [-0.4, -0.2) is 22.8 Å². The standard InChI is InChI=1S/C54H35N3.C42H25NO2.C42H25NS2/c1-4-16-39(17-5-1)55-49-25-13-10-22-42(49)45-30-28-36(34-52(45)55)38-32-47(54-48(33-38)44-24-12-15-27-51(44)57(54)41-20-8-3-9-21-41)37-29-31-46-43-23-11-14-26-50(43)56(53(46)35-37)40-18-6-2-7-19-40;2*1-2-10-29(11-3-1)43-37-15-7-4-12-30(37)36-23-28(26-18-20-33-31-13-5-8-16-38(31)44-40(33)24-26)22-35(42(36)43)27-19-21-34-32-14-6-9-17-39(32)45-41(34)25-27/h1-35H;2*1-25H. The van der Waals surface area contributed by atoms with Crippen molar-refractivity contribution in [2.75, 3.05) is 0 Å². The molecule has 0 bridgehead atoms. The normalized spacial score (nSPS) is 11.9. The topological polar surface area (TPSA) is 50.9 Å². The Morgan fingerprint density at radius 2 is 0.361 bits per heavy atom. The molecule has 0 unspecified atom stereocenters. The molecule has 0 saturated carbocycles. The van der Waals surface area contributed by atoms with Crippen LogP contribution in [0.25, 0.3) is 288 Å². The van der Waals surface area contributed by atoms with Gasteiger partial charge in [0.15, 0.2) is 0 Å². The molecule has 9 heteroatoms. The fourth-order valence-corrected chi connectivity index (χ4v) is 25.9. The molecule has 0 amide bonds. The molecule has 0 aliphatic rings. The van der Waals surface area contributed by atoms with E-state index in [9.17, 15) is 0 Å². The molecule has 0 fully saturated rings. The van der Waals surface area contributed by atoms with Crippen LogP contribution in [0.5, 0.6) is 0 Å². The lowest BCUT2D eigenvalue weighted by molar-refractivity contribution is 0.668. The molecule has 0 N–H and O–H groups in total. The summed E-state index contributed by atoms with van der Waals surface area (Å²) in [5.41, 5.74) is 35.6. The van der Waals surface area contributed by atoms with E-state index in [-0.39, 0.29) is 0 Å². The average Bonchev–Trinajstić information content (AvgIpc) is 1.60. The molecule has 0 saturated heterocycles. The van der Waals surface area contributed by atoms with Gasteiger partial charge < -0.3 is 31.7 Å². The maximum atomic E-state index is 6.37. The first kappa shape index (κ1) is 83.8. The number of rotatable bonds is 11. The maximum Gasteiger partial charge on any atom is 0.136 e. The van der Waals surface area contributed by atoms with Gasteiger partial charge in [0.05, 0.1) is 55.2 Å². The Hall–Kier alpha value is -18.9. The van der Waals surface area contributed by atoms with Crippen LogP contribution >= 0.6 is 22.7 Å². The number of hydrogen-bond acceptors (Lipinski definition) is 4. The minimum Gasteiger partial charge on any atom is -0.456 e. The number of para-hydroxylation sites is 12. The lowest BCUT2D eigenvalue weighted by atomic mass is 9.94. The van der Waals surface area contributed by atoms with Gasteiger partial charge in [0.1, 0.15) is 22.3 Å². The zero-order chi connectivity index (χ0) is 96.4. The van der Waals surface area contributed by atoms with E-state index < -0.39 is 0 Å². The number of furan rings is 2. The van der Waals surface area contributed by atoms with Crippen LogP contribution in [0.4, 0.5) is 0 Å². The summed E-state index contributed by atoms with van der Waals surface area (Å²) < 4.78 is 30.1. The summed E-state index contributed by atoms with van der Waals surface area (Å²) in [7, 11) is 0. The molecule has 0 atom stereocenters. The van der Waals surface area contributed by atoms with Crippen LogP contribution < -0.4 is 0 Å². The van der Waals surface area contributed by atoms with Gasteiger partial charge in [-0.3, -0.25) is 0 Å². The van der Waals surface area contributed by atoms with Crippen molar-refractivity contribution in [3.8, 4) is 95.2 Å². The van der Waals surface area contributed by atoms with Gasteiger partial charge in [-0.05, 0) is 250 Å². The number of thiophene rings is 2. The Labute approximate surface area is 851 Å². The highest BCUT2D eigenvalue weighted by Crippen LogP contribution is 2.51. The van der Waals surface area contributed by atoms with Crippen molar-refractivity contribution in [2.45, 2.75) is 0 Å². The van der Waals surface area contributed by atoms with Crippen LogP contribution in [0.1, 0.15) is 0 Å². The first-order chi connectivity index (χ1) is 72.9. The van der Waals surface area contributed by atoms with Crippen LogP contribution in [0.15, 0.2) is 524 Å². The maximum absolute atomic E-state index is 6.37. The third-order valence-corrected chi connectivity index (χ3v) is 32.4. The van der Waals surface area contributed by atoms with E-state index in [1.807, 2.05) is 46.9 Å². The third-order valence-electron chi connectivity index (χ3n) is 30.2. The molecule has 32 rings (SSSR count). The van der Waals surface area contributed by atoms with Crippen molar-refractivity contribution >= 4 is 216 Å². The zero-order valence-corrected chi connectivity index (χ0v) is 81.1. The van der Waals surface area contributed by atoms with Gasteiger partial charge in [0, 0.05) is 161 Å². The molecular weight excluding hydrogens is 1820 g/mol. The summed E-state index contributed by atoms with van der Waals surface area (Å²) in [5, 5.41) is 22.3. The highest BCUT2D eigenvalue weighted by molar-refractivity contribution is 7.26. The molecule has 9 aromatic heterocycles. The second-order valence-electron chi connectivity index (χ2n) is 38.4. The quantitative estimate of drug-likeness (QED) is 0.130. The molecule has 23 aromatic carbocycles. The second-order valence-corrected chi connectivity index (χ2v) is 40.6. The Morgan fingerprint density at radius 1 is 0.129 bits per heavy atom. The fourth-order valence-electron chi connectivity index (χ4n) is 23.6. The third kappa shape index (κ3) is 13.6. The minimum absolute atomic E-state index is 0.887. The monoisotopic (exact) mass is 1910 g/mol. The van der Waals surface area contributed by atoms with E-state index >= 15 is 0 Å². The van der Waals surface area contributed by atoms with Crippen molar-refractivity contribution in [2.24, 2.45) is 0 Å². The summed E-state index contributed by atoms with van der Waals surface area (Å²) in [4.78, 5) is 0. The van der Waals surface area contributed by atoms with E-state index in [0.29, 0.717) is 0 Å². The van der Waals surface area contributed by atoms with Gasteiger partial charge in [-0.2, -0.15) is 0 Å². The van der Waals surface area contributed by atoms with Gasteiger partial charge in [-0.15, -0.1) is 22.7 Å². The van der Waals surface area contributed by atoms with E-state index in [2.05, 4.69) is 514 Å². The van der Waals surface area contributed by atoms with Crippen molar-refractivity contribution in [1.29, 1.82) is 0 Å². The molecule has 0 aliphatic carbocycles. The first-order valence-corrected chi connectivity index (χ1v) is 51.8. The van der Waals surface area contributed by atoms with Crippen LogP contribution in [-0.2, 0) is 0 Å². The van der Waals surface area contributed by atoms with E-state index in [1.54, 1.807) is 0 Å². The molecule has 7 nitrogen and oxygen atoms in total. The average molecular weight is 1910 g/mol. The Kier molecular flexibility index (Phi) is 19.3. The number of aromatic nitrogens is 5. The van der Waals surface area contributed by atoms with Crippen LogP contribution in [0, 0.1) is 0 Å². The summed E-state index contributed by atoms with van der Waals surface area (Å²) in [6.07, 6.45) is 0. The highest BCUT2D eigenvalue weighted by Gasteiger charge is 2.27. The smallest absolute Gasteiger partial charge is 0.136 e. The summed E-state index contributed by atoms with van der Waals surface area (Å²) in [5.74, 6) is 0. The van der Waals surface area contributed by atoms with Crippen molar-refractivity contribution in [3.05, 3.63) is 516 Å². The molecule has 686 valence electrons. The summed E-state index contributed by atoms with van der Waals surface area (Å²) in [6.45, 7) is 0. The van der Waals surface area contributed by atoms with Crippen LogP contribution in [0.2, 0.25) is 0 Å². The number of fused-ring (bicyclic) bond motifs is 27. The SMILES string of the molecule is c1ccc(-n2c3ccccc3c3cc(-c4ccc5c(c4)oc4ccccc45)cc(-c4ccc5c(c4)oc4ccccc45)c32)cc1.c1ccc(-n2c3ccccc3c3cc(-c4ccc5c(c4)sc4ccccc45)cc(-c4ccc5c(c4)sc4ccccc45)c32)cc1.c1ccc(-n2c3ccccc3c3ccc(-c4cc(-c5ccc6c7ccccc7n(-c7ccccc7)c6c5)c5c(c4)c4ccccc4n5-c4ccccc4)cc32)cc1. The number of nitrogens with zero attached hydrogens (tertiary/aromatic N) is 5. The minimum atomic E-state index is 0.887. The lowest BCUT2D eigenvalue weighted by Gasteiger charge is -2.15. The van der Waals surface area contributed by atoms with Gasteiger partial charge in [-0.1, -0.05) is 315 Å². The molecule has 32 aromatic rings. The molecule has 0 spiro atoms. The van der Waals surface area contributed by atoms with E-state index in [4.69, 9.17) is 8.83 Å². The van der Waals surface area contributed by atoms with E-state index in [1.165, 1.54) is 200 Å². The second kappa shape index (κ2) is 33.9. The zero-order valence-electron chi connectivity index (χ0n) is 79.4. The lowest BCUT2D eigenvalue weighted by Crippen LogP contribution is -1.96. The molecule has 0 aliphatic heterocycles. The van der Waals surface area contributed by atoms with Crippen molar-refractivity contribution in [3.63, 3.8) is 0 Å². The predicted molar refractivity (Wildman–Crippen MR) is 624 cm³/mol. The summed E-state index contributed by atoms with van der Waals surface area (Å²) >= 11 is 3.76. The number of hydrogen-bond donors (Lipinski definition) is 0.